The molecule has 2 fully saturated rings. The molecule has 1 aromatic carbocycles. The number of hydrogen-bond donors (Lipinski definition) is 1. The molecule has 2 saturated heterocycles. The number of aryl methyl sites for hydroxylation is 2. The maximum Gasteiger partial charge on any atom is 0.289 e. The molecular formula is C23H32N2O5S. The van der Waals surface area contributed by atoms with E-state index in [2.05, 4.69) is 4.72 Å². The topological polar surface area (TPSA) is 88.9 Å². The number of carbonyl (C=O) groups is 1. The van der Waals surface area contributed by atoms with Gasteiger partial charge in [-0.05, 0) is 63.6 Å². The van der Waals surface area contributed by atoms with Gasteiger partial charge in [0.25, 0.3) is 5.91 Å². The molecule has 0 radical (unpaired) electrons. The lowest BCUT2D eigenvalue weighted by molar-refractivity contribution is 0.0731. The van der Waals surface area contributed by atoms with Gasteiger partial charge in [0.1, 0.15) is 4.90 Å². The minimum Gasteiger partial charge on any atom is -0.449 e. The highest BCUT2D eigenvalue weighted by Crippen LogP contribution is 2.35. The summed E-state index contributed by atoms with van der Waals surface area (Å²) < 4.78 is 40.9. The minimum atomic E-state index is -3.84. The summed E-state index contributed by atoms with van der Waals surface area (Å²) in [5.41, 5.74) is 2.44. The van der Waals surface area contributed by atoms with E-state index in [1.165, 1.54) is 0 Å². The van der Waals surface area contributed by atoms with E-state index < -0.39 is 10.0 Å². The smallest absolute Gasteiger partial charge is 0.289 e. The fourth-order valence-corrected chi connectivity index (χ4v) is 6.08. The molecule has 0 aliphatic carbocycles. The Balaban J connectivity index is 1.74. The average molecular weight is 449 g/mol. The quantitative estimate of drug-likeness (QED) is 0.751. The number of nitrogens with one attached hydrogen (secondary N) is 1. The number of fused-ring (bicyclic) bond motifs is 1. The van der Waals surface area contributed by atoms with Gasteiger partial charge in [0, 0.05) is 37.2 Å². The number of amides is 1. The highest BCUT2D eigenvalue weighted by Gasteiger charge is 2.30. The number of nitrogens with zero attached hydrogens (tertiary/aromatic N) is 1. The molecule has 3 heterocycles. The van der Waals surface area contributed by atoms with Crippen molar-refractivity contribution >= 4 is 26.9 Å². The molecule has 1 aromatic heterocycles. The number of hydrogen-bond acceptors (Lipinski definition) is 5. The van der Waals surface area contributed by atoms with E-state index in [4.69, 9.17) is 9.15 Å². The molecule has 0 spiro atoms. The number of furan rings is 1. The third-order valence-corrected chi connectivity index (χ3v) is 8.15. The van der Waals surface area contributed by atoms with Crippen molar-refractivity contribution in [3.8, 4) is 0 Å². The number of ether oxygens (including phenoxy) is 1. The van der Waals surface area contributed by atoms with Crippen LogP contribution in [0.1, 0.15) is 65.8 Å². The van der Waals surface area contributed by atoms with E-state index in [9.17, 15) is 13.2 Å². The number of benzene rings is 1. The van der Waals surface area contributed by atoms with Gasteiger partial charge in [-0.1, -0.05) is 12.8 Å². The van der Waals surface area contributed by atoms with E-state index in [1.807, 2.05) is 24.8 Å². The van der Waals surface area contributed by atoms with Crippen LogP contribution in [-0.4, -0.2) is 51.6 Å². The average Bonchev–Trinajstić information content (AvgIpc) is 3.26. The SMILES string of the molecule is Cc1cc2c(C)c(C(=O)N3CCCCCC3)oc2c(S(=O)(=O)NC[C@H]2CCCO2)c1C. The molecule has 1 atom stereocenters. The van der Waals surface area contributed by atoms with Crippen molar-refractivity contribution < 1.29 is 22.4 Å². The van der Waals surface area contributed by atoms with Crippen molar-refractivity contribution in [2.75, 3.05) is 26.2 Å². The highest BCUT2D eigenvalue weighted by atomic mass is 32.2. The zero-order valence-corrected chi connectivity index (χ0v) is 19.4. The van der Waals surface area contributed by atoms with Gasteiger partial charge in [-0.3, -0.25) is 4.79 Å². The molecule has 8 heteroatoms. The van der Waals surface area contributed by atoms with Crippen LogP contribution in [-0.2, 0) is 14.8 Å². The van der Waals surface area contributed by atoms with Gasteiger partial charge in [-0.2, -0.15) is 0 Å². The number of rotatable bonds is 5. The summed E-state index contributed by atoms with van der Waals surface area (Å²) in [6, 6.07) is 1.92. The third kappa shape index (κ3) is 4.38. The Hall–Kier alpha value is -1.90. The first-order valence-electron chi connectivity index (χ1n) is 11.2. The summed E-state index contributed by atoms with van der Waals surface area (Å²) in [4.78, 5) is 15.2. The summed E-state index contributed by atoms with van der Waals surface area (Å²) in [5.74, 6) is 0.0963. The van der Waals surface area contributed by atoms with Crippen LogP contribution < -0.4 is 4.72 Å². The molecule has 7 nitrogen and oxygen atoms in total. The lowest BCUT2D eigenvalue weighted by Crippen LogP contribution is -2.32. The first-order valence-corrected chi connectivity index (χ1v) is 12.7. The molecule has 1 amide bonds. The van der Waals surface area contributed by atoms with Gasteiger partial charge in [0.15, 0.2) is 11.3 Å². The molecule has 31 heavy (non-hydrogen) atoms. The molecule has 2 aliphatic heterocycles. The molecule has 0 saturated carbocycles. The van der Waals surface area contributed by atoms with Gasteiger partial charge in [-0.25, -0.2) is 13.1 Å². The van der Waals surface area contributed by atoms with Gasteiger partial charge in [0.05, 0.1) is 6.10 Å². The summed E-state index contributed by atoms with van der Waals surface area (Å²) in [6.07, 6.45) is 5.90. The largest absolute Gasteiger partial charge is 0.449 e. The van der Waals surface area contributed by atoms with Crippen LogP contribution >= 0.6 is 0 Å². The normalized spacial score (nSPS) is 20.4. The van der Waals surface area contributed by atoms with Crippen LogP contribution in [0.3, 0.4) is 0 Å². The number of likely N-dealkylation sites (tertiary alicyclic amines) is 1. The van der Waals surface area contributed by atoms with E-state index in [1.54, 1.807) is 6.92 Å². The summed E-state index contributed by atoms with van der Waals surface area (Å²) in [7, 11) is -3.84. The van der Waals surface area contributed by atoms with E-state index in [0.29, 0.717) is 36.2 Å². The Morgan fingerprint density at radius 1 is 1.10 bits per heavy atom. The lowest BCUT2D eigenvalue weighted by atomic mass is 10.0. The van der Waals surface area contributed by atoms with Crippen LogP contribution in [0.5, 0.6) is 0 Å². The van der Waals surface area contributed by atoms with Crippen LogP contribution in [0.4, 0.5) is 0 Å². The lowest BCUT2D eigenvalue weighted by Gasteiger charge is -2.19. The second-order valence-electron chi connectivity index (χ2n) is 8.77. The van der Waals surface area contributed by atoms with E-state index in [0.717, 1.165) is 44.1 Å². The third-order valence-electron chi connectivity index (χ3n) is 6.57. The molecule has 2 aliphatic rings. The van der Waals surface area contributed by atoms with Crippen LogP contribution in [0.25, 0.3) is 11.0 Å². The summed E-state index contributed by atoms with van der Waals surface area (Å²) in [5, 5.41) is 0.679. The Bertz CT molecular complexity index is 1080. The van der Waals surface area contributed by atoms with Crippen molar-refractivity contribution in [1.82, 2.24) is 9.62 Å². The van der Waals surface area contributed by atoms with Crippen LogP contribution in [0, 0.1) is 20.8 Å². The molecule has 4 rings (SSSR count). The standard InChI is InChI=1S/C23H32N2O5S/c1-15-13-19-17(3)20(23(26)25-10-6-4-5-7-11-25)30-21(19)22(16(15)2)31(27,28)24-14-18-9-8-12-29-18/h13,18,24H,4-12,14H2,1-3H3/t18-/m1/s1. The Morgan fingerprint density at radius 2 is 1.81 bits per heavy atom. The van der Waals surface area contributed by atoms with Crippen molar-refractivity contribution in [1.29, 1.82) is 0 Å². The number of sulfonamides is 1. The first-order chi connectivity index (χ1) is 14.8. The predicted molar refractivity (Wildman–Crippen MR) is 119 cm³/mol. The van der Waals surface area contributed by atoms with Gasteiger partial charge >= 0.3 is 0 Å². The molecule has 170 valence electrons. The van der Waals surface area contributed by atoms with E-state index >= 15 is 0 Å². The fraction of sp³-hybridized carbons (Fsp3) is 0.609. The number of carbonyl (C=O) groups excluding carboxylic acids is 1. The first kappa shape index (κ1) is 22.3. The van der Waals surface area contributed by atoms with Crippen molar-refractivity contribution in [3.63, 3.8) is 0 Å². The van der Waals surface area contributed by atoms with Gasteiger partial charge in [0.2, 0.25) is 10.0 Å². The molecule has 0 unspecified atom stereocenters. The monoisotopic (exact) mass is 448 g/mol. The Kier molecular flexibility index (Phi) is 6.42. The zero-order valence-electron chi connectivity index (χ0n) is 18.6. The van der Waals surface area contributed by atoms with Crippen LogP contribution in [0.2, 0.25) is 0 Å². The minimum absolute atomic E-state index is 0.103. The molecular weight excluding hydrogens is 416 g/mol. The van der Waals surface area contributed by atoms with Crippen molar-refractivity contribution in [3.05, 3.63) is 28.5 Å². The highest BCUT2D eigenvalue weighted by molar-refractivity contribution is 7.89. The second kappa shape index (κ2) is 8.92. The second-order valence-corrected chi connectivity index (χ2v) is 10.5. The van der Waals surface area contributed by atoms with Gasteiger partial charge < -0.3 is 14.1 Å². The molecule has 2 aromatic rings. The summed E-state index contributed by atoms with van der Waals surface area (Å²) >= 11 is 0. The fourth-order valence-electron chi connectivity index (χ4n) is 4.57. The van der Waals surface area contributed by atoms with Gasteiger partial charge in [-0.15, -0.1) is 0 Å². The summed E-state index contributed by atoms with van der Waals surface area (Å²) in [6.45, 7) is 7.82. The maximum atomic E-state index is 13.3. The maximum absolute atomic E-state index is 13.3. The Labute approximate surface area is 184 Å². The molecule has 1 N–H and O–H groups in total. The zero-order chi connectivity index (χ0) is 22.2. The predicted octanol–water partition coefficient (Wildman–Crippen LogP) is 3.83. The van der Waals surface area contributed by atoms with Crippen LogP contribution in [0.15, 0.2) is 15.4 Å². The van der Waals surface area contributed by atoms with Crippen molar-refractivity contribution in [2.45, 2.75) is 70.3 Å². The molecule has 0 bridgehead atoms. The van der Waals surface area contributed by atoms with E-state index in [-0.39, 0.29) is 34.8 Å². The van der Waals surface area contributed by atoms with Crippen molar-refractivity contribution in [2.24, 2.45) is 0 Å². The Morgan fingerprint density at radius 3 is 2.45 bits per heavy atom.